The van der Waals surface area contributed by atoms with Gasteiger partial charge in [0.15, 0.2) is 5.78 Å². The van der Waals surface area contributed by atoms with Crippen molar-refractivity contribution < 1.29 is 39.2 Å². The third-order valence-electron chi connectivity index (χ3n) is 7.38. The molecule has 12 heteroatoms. The average molecular weight is 526 g/mol. The van der Waals surface area contributed by atoms with Crippen molar-refractivity contribution in [3.63, 3.8) is 0 Å². The summed E-state index contributed by atoms with van der Waals surface area (Å²) in [4.78, 5) is 63.9. The molecule has 0 aliphatic heterocycles. The summed E-state index contributed by atoms with van der Waals surface area (Å²) in [7, 11) is 3.48. The highest BCUT2D eigenvalue weighted by Gasteiger charge is 2.63. The molecule has 0 radical (unpaired) electrons. The van der Waals surface area contributed by atoms with Crippen LogP contribution in [0.5, 0.6) is 5.75 Å². The van der Waals surface area contributed by atoms with Crippen LogP contribution in [-0.4, -0.2) is 65.0 Å². The van der Waals surface area contributed by atoms with Gasteiger partial charge in [-0.05, 0) is 48.6 Å². The molecule has 3 atom stereocenters. The third kappa shape index (κ3) is 3.75. The smallest absolute Gasteiger partial charge is 0.330 e. The zero-order valence-electron chi connectivity index (χ0n) is 21.0. The summed E-state index contributed by atoms with van der Waals surface area (Å²) >= 11 is 0. The number of anilines is 1. The number of hydrogen-bond acceptors (Lipinski definition) is 11. The van der Waals surface area contributed by atoms with Crippen LogP contribution in [-0.2, 0) is 30.3 Å². The highest BCUT2D eigenvalue weighted by Crippen LogP contribution is 2.54. The van der Waals surface area contributed by atoms with E-state index in [1.807, 2.05) is 0 Å². The number of rotatable bonds is 6. The van der Waals surface area contributed by atoms with Crippen LogP contribution in [0.4, 0.5) is 5.69 Å². The predicted molar refractivity (Wildman–Crippen MR) is 135 cm³/mol. The quantitative estimate of drug-likeness (QED) is 0.184. The molecule has 1 saturated carbocycles. The van der Waals surface area contributed by atoms with Crippen molar-refractivity contribution in [2.24, 2.45) is 22.7 Å². The second-order valence-corrected chi connectivity index (χ2v) is 9.66. The fourth-order valence-electron chi connectivity index (χ4n) is 5.72. The minimum atomic E-state index is -2.52. The van der Waals surface area contributed by atoms with Gasteiger partial charge >= 0.3 is 5.97 Å². The molecule has 1 fully saturated rings. The number of aromatic hydroxyl groups is 1. The van der Waals surface area contributed by atoms with E-state index in [1.165, 1.54) is 6.08 Å². The molecular formula is C26H27N3O9. The van der Waals surface area contributed by atoms with Gasteiger partial charge in [0, 0.05) is 49.3 Å². The van der Waals surface area contributed by atoms with E-state index in [4.69, 9.17) is 10.5 Å². The first kappa shape index (κ1) is 26.6. The molecular weight excluding hydrogens is 498 g/mol. The minimum Gasteiger partial charge on any atom is -0.508 e. The van der Waals surface area contributed by atoms with Gasteiger partial charge in [0.25, 0.3) is 5.91 Å². The lowest BCUT2D eigenvalue weighted by Gasteiger charge is -2.45. The average Bonchev–Trinajstić information content (AvgIpc) is 2.83. The van der Waals surface area contributed by atoms with E-state index in [1.54, 1.807) is 32.0 Å². The Morgan fingerprint density at radius 3 is 2.50 bits per heavy atom. The standard InChI is InChI=1S/C26H27N3O9/c1-4-38-17(31)6-5-11-9-15(29(2)3)14-8-12-7-13-10-16(30)20(25(27)36)24(35)26(13,28-37)23(34)18(12)22(33)19(14)21(11)32/h5-6,9,12-13,32-33,35H,4,7-8,10H2,1-3H3,(H2,27,36)/b6-5+/t12-,13+,26+/m1/s1. The first-order chi connectivity index (χ1) is 17.9. The van der Waals surface area contributed by atoms with Gasteiger partial charge in [0.1, 0.15) is 22.8 Å². The second kappa shape index (κ2) is 9.43. The topological polar surface area (TPSA) is 197 Å². The zero-order chi connectivity index (χ0) is 28.1. The Labute approximate surface area is 217 Å². The van der Waals surface area contributed by atoms with Gasteiger partial charge in [-0.25, -0.2) is 4.79 Å². The number of carbonyl (C=O) groups excluding carboxylic acids is 4. The van der Waals surface area contributed by atoms with E-state index in [9.17, 15) is 39.4 Å². The van der Waals surface area contributed by atoms with Gasteiger partial charge in [0.2, 0.25) is 11.3 Å². The van der Waals surface area contributed by atoms with E-state index in [0.29, 0.717) is 11.3 Å². The summed E-state index contributed by atoms with van der Waals surface area (Å²) in [6.45, 7) is 1.79. The van der Waals surface area contributed by atoms with Crippen LogP contribution in [0.2, 0.25) is 0 Å². The molecule has 3 aliphatic rings. The maximum atomic E-state index is 13.8. The monoisotopic (exact) mass is 525 g/mol. The Morgan fingerprint density at radius 2 is 1.92 bits per heavy atom. The number of hydrogen-bond donors (Lipinski definition) is 4. The van der Waals surface area contributed by atoms with Crippen molar-refractivity contribution >= 4 is 41.0 Å². The molecule has 0 bridgehead atoms. The number of fused-ring (bicyclic) bond motifs is 3. The van der Waals surface area contributed by atoms with Crippen molar-refractivity contribution in [1.82, 2.24) is 0 Å². The summed E-state index contributed by atoms with van der Waals surface area (Å²) < 4.78 is 4.87. The Balaban J connectivity index is 1.95. The fraction of sp³-hybridized carbons (Fsp3) is 0.385. The van der Waals surface area contributed by atoms with Gasteiger partial charge in [-0.3, -0.25) is 14.4 Å². The molecule has 12 nitrogen and oxygen atoms in total. The molecule has 3 aliphatic carbocycles. The Hall–Kier alpha value is -4.48. The molecule has 200 valence electrons. The predicted octanol–water partition coefficient (Wildman–Crippen LogP) is 1.84. The van der Waals surface area contributed by atoms with Crippen LogP contribution in [0.25, 0.3) is 11.8 Å². The Bertz CT molecular complexity index is 1390. The van der Waals surface area contributed by atoms with Crippen molar-refractivity contribution in [2.45, 2.75) is 31.7 Å². The highest BCUT2D eigenvalue weighted by molar-refractivity contribution is 6.23. The summed E-state index contributed by atoms with van der Waals surface area (Å²) in [6.07, 6.45) is 2.15. The first-order valence-electron chi connectivity index (χ1n) is 11.9. The van der Waals surface area contributed by atoms with Crippen molar-refractivity contribution in [1.29, 1.82) is 0 Å². The van der Waals surface area contributed by atoms with E-state index in [0.717, 1.165) is 6.08 Å². The van der Waals surface area contributed by atoms with Crippen LogP contribution in [0, 0.1) is 16.7 Å². The first-order valence-corrected chi connectivity index (χ1v) is 11.9. The molecule has 5 N–H and O–H groups in total. The number of ketones is 2. The highest BCUT2D eigenvalue weighted by atomic mass is 16.5. The molecule has 0 heterocycles. The lowest BCUT2D eigenvalue weighted by atomic mass is 9.58. The van der Waals surface area contributed by atoms with Gasteiger partial charge in [0.05, 0.1) is 12.2 Å². The van der Waals surface area contributed by atoms with Crippen LogP contribution < -0.4 is 10.6 Å². The van der Waals surface area contributed by atoms with Crippen molar-refractivity contribution in [3.8, 4) is 5.75 Å². The van der Waals surface area contributed by atoms with Gasteiger partial charge in [-0.2, -0.15) is 0 Å². The zero-order valence-corrected chi connectivity index (χ0v) is 21.0. The number of aliphatic hydroxyl groups is 2. The lowest BCUT2D eigenvalue weighted by molar-refractivity contribution is -0.137. The molecule has 1 amide bonds. The maximum absolute atomic E-state index is 13.8. The number of primary amides is 1. The summed E-state index contributed by atoms with van der Waals surface area (Å²) in [5.41, 5.74) is 2.75. The molecule has 0 spiro atoms. The largest absolute Gasteiger partial charge is 0.508 e. The maximum Gasteiger partial charge on any atom is 0.330 e. The summed E-state index contributed by atoms with van der Waals surface area (Å²) in [6, 6.07) is 1.61. The van der Waals surface area contributed by atoms with Crippen LogP contribution >= 0.6 is 0 Å². The van der Waals surface area contributed by atoms with Gasteiger partial charge in [-0.15, -0.1) is 4.91 Å². The normalized spacial score (nSPS) is 24.6. The molecule has 38 heavy (non-hydrogen) atoms. The number of nitrogens with two attached hydrogens (primary N) is 1. The lowest BCUT2D eigenvalue weighted by Crippen LogP contribution is -2.57. The summed E-state index contributed by atoms with van der Waals surface area (Å²) in [5, 5.41) is 36.2. The third-order valence-corrected chi connectivity index (χ3v) is 7.38. The number of phenols is 1. The number of ether oxygens (including phenoxy) is 1. The number of nitrogens with zero attached hydrogens (tertiary/aromatic N) is 2. The van der Waals surface area contributed by atoms with E-state index < -0.39 is 70.1 Å². The van der Waals surface area contributed by atoms with Gasteiger partial charge < -0.3 is 30.7 Å². The molecule has 0 aromatic heterocycles. The van der Waals surface area contributed by atoms with E-state index >= 15 is 0 Å². The van der Waals surface area contributed by atoms with Crippen molar-refractivity contribution in [3.05, 3.63) is 50.6 Å². The van der Waals surface area contributed by atoms with Gasteiger partial charge in [-0.1, -0.05) is 0 Å². The van der Waals surface area contributed by atoms with E-state index in [2.05, 4.69) is 5.18 Å². The van der Waals surface area contributed by atoms with Crippen LogP contribution in [0.15, 0.2) is 34.2 Å². The number of phenolic OH excluding ortho intramolecular Hbond substituents is 1. The fourth-order valence-corrected chi connectivity index (χ4v) is 5.72. The summed E-state index contributed by atoms with van der Waals surface area (Å²) in [5.74, 6) is -7.73. The number of Topliss-reactive ketones (excluding diaryl/α,β-unsaturated/α-hetero) is 2. The SMILES string of the molecule is CCOC(=O)/C=C/c1cc(N(C)C)c2c(c1O)C(O)=C1C(=O)[C@]3(N=O)C(O)=C(C(N)=O)C(=O)C[C@@H]3C[C@@H]1C2. The number of aliphatic hydroxyl groups excluding tert-OH is 2. The molecule has 0 saturated heterocycles. The molecule has 1 aromatic rings. The number of carbonyl (C=O) groups is 4. The van der Waals surface area contributed by atoms with E-state index in [-0.39, 0.29) is 36.1 Å². The number of esters is 1. The Kier molecular flexibility index (Phi) is 6.60. The van der Waals surface area contributed by atoms with Crippen molar-refractivity contribution in [2.75, 3.05) is 25.6 Å². The number of amides is 1. The Morgan fingerprint density at radius 1 is 1.24 bits per heavy atom. The van der Waals surface area contributed by atoms with Crippen LogP contribution in [0.1, 0.15) is 36.5 Å². The number of nitroso groups, excluding NO2 is 1. The molecule has 1 aromatic carbocycles. The number of benzene rings is 1. The molecule has 0 unspecified atom stereocenters. The second-order valence-electron chi connectivity index (χ2n) is 9.66. The molecule has 4 rings (SSSR count). The minimum absolute atomic E-state index is 0.0102. The van der Waals surface area contributed by atoms with Crippen LogP contribution in [0.3, 0.4) is 0 Å².